The highest BCUT2D eigenvalue weighted by Crippen LogP contribution is 2.40. The molecule has 3 aromatic rings. The number of anilines is 3. The lowest BCUT2D eigenvalue weighted by Gasteiger charge is -2.22. The number of unbranched alkanes of at least 4 members (excludes halogenated alkanes) is 1. The van der Waals surface area contributed by atoms with E-state index in [1.54, 1.807) is 31.2 Å². The maximum atomic E-state index is 13.8. The number of rotatable bonds is 17. The third-order valence-corrected chi connectivity index (χ3v) is 9.14. The molecule has 0 unspecified atom stereocenters. The smallest absolute Gasteiger partial charge is 0.260 e. The number of Topliss-reactive ketones (excluding diaryl/α,β-unsaturated/α-hetero) is 1. The van der Waals surface area contributed by atoms with Crippen molar-refractivity contribution >= 4 is 46.5 Å². The number of ether oxygens (including phenoxy) is 3. The van der Waals surface area contributed by atoms with Gasteiger partial charge in [-0.3, -0.25) is 19.2 Å². The minimum atomic E-state index is -0.923. The van der Waals surface area contributed by atoms with Crippen LogP contribution in [0.2, 0.25) is 0 Å². The maximum Gasteiger partial charge on any atom is 0.260 e. The molecule has 0 aromatic heterocycles. The third kappa shape index (κ3) is 9.73. The van der Waals surface area contributed by atoms with Crippen LogP contribution in [0.25, 0.3) is 0 Å². The van der Waals surface area contributed by atoms with Crippen LogP contribution in [0, 0.1) is 0 Å². The molecule has 3 atom stereocenters. The third-order valence-electron chi connectivity index (χ3n) is 9.14. The topological polar surface area (TPSA) is 164 Å². The second-order valence-corrected chi connectivity index (χ2v) is 13.3. The molecule has 0 aliphatic carbocycles. The van der Waals surface area contributed by atoms with Gasteiger partial charge in [0.25, 0.3) is 5.91 Å². The lowest BCUT2D eigenvalue weighted by molar-refractivity contribution is -0.130. The summed E-state index contributed by atoms with van der Waals surface area (Å²) in [5, 5.41) is 11.6. The van der Waals surface area contributed by atoms with Crippen LogP contribution in [0.3, 0.4) is 0 Å². The van der Waals surface area contributed by atoms with Crippen molar-refractivity contribution in [3.8, 4) is 11.5 Å². The number of ketones is 1. The van der Waals surface area contributed by atoms with Gasteiger partial charge in [-0.15, -0.1) is 0 Å². The van der Waals surface area contributed by atoms with E-state index in [1.165, 1.54) is 27.2 Å². The zero-order chi connectivity index (χ0) is 38.1. The summed E-state index contributed by atoms with van der Waals surface area (Å²) in [6.45, 7) is 9.05. The average molecular weight is 726 g/mol. The molecule has 0 radical (unpaired) electrons. The van der Waals surface area contributed by atoms with Crippen LogP contribution in [-0.2, 0) is 43.5 Å². The summed E-state index contributed by atoms with van der Waals surface area (Å²) < 4.78 is 17.3. The molecule has 2 aliphatic rings. The standard InChI is InChI=1S/C40H47N5O8/c1-6-52-22-27-15-28(17-30(16-27)44-39(49)26(4)43-38(48)25(3)42-37(47)14-10-7-11-24(2)46)23-53-36-20-33-32(19-35(36)51-5)40(50)45-31(21-41-33)18-29-12-8-9-13-34(29)45/h6,8-9,12-13,15-17,19-20,25-26,31,41H,1,7,10-11,14,18,21-23H2,2-5H3,(H,42,47)(H,43,48)(H,44,49)/t25-,26-,31-/m0/s1. The van der Waals surface area contributed by atoms with Crippen LogP contribution >= 0.6 is 0 Å². The van der Waals surface area contributed by atoms with Crippen LogP contribution in [0.5, 0.6) is 11.5 Å². The van der Waals surface area contributed by atoms with Crippen molar-refractivity contribution in [3.63, 3.8) is 0 Å². The van der Waals surface area contributed by atoms with E-state index in [1.807, 2.05) is 29.2 Å². The first kappa shape index (κ1) is 38.4. The Bertz CT molecular complexity index is 1880. The van der Waals surface area contributed by atoms with E-state index < -0.39 is 23.9 Å². The molecular weight excluding hydrogens is 678 g/mol. The van der Waals surface area contributed by atoms with Gasteiger partial charge in [0.05, 0.1) is 30.7 Å². The molecule has 13 heteroatoms. The molecule has 2 heterocycles. The molecule has 0 saturated carbocycles. The molecule has 4 amide bonds. The van der Waals surface area contributed by atoms with Crippen LogP contribution in [-0.4, -0.2) is 61.2 Å². The second kappa shape index (κ2) is 17.6. The van der Waals surface area contributed by atoms with Crippen molar-refractivity contribution in [2.24, 2.45) is 0 Å². The fourth-order valence-corrected chi connectivity index (χ4v) is 6.42. The van der Waals surface area contributed by atoms with Gasteiger partial charge in [-0.2, -0.15) is 0 Å². The number of methoxy groups -OCH3 is 1. The van der Waals surface area contributed by atoms with Crippen LogP contribution in [0.15, 0.2) is 67.4 Å². The minimum Gasteiger partial charge on any atom is -0.497 e. The number of para-hydroxylation sites is 1. The summed E-state index contributed by atoms with van der Waals surface area (Å²) in [6, 6.07) is 15.0. The number of hydrogen-bond donors (Lipinski definition) is 4. The highest BCUT2D eigenvalue weighted by Gasteiger charge is 2.37. The van der Waals surface area contributed by atoms with Gasteiger partial charge < -0.3 is 45.2 Å². The Hall–Kier alpha value is -5.85. The minimum absolute atomic E-state index is 0.0165. The first-order chi connectivity index (χ1) is 25.5. The van der Waals surface area contributed by atoms with E-state index in [2.05, 4.69) is 33.9 Å². The van der Waals surface area contributed by atoms with E-state index in [9.17, 15) is 24.0 Å². The van der Waals surface area contributed by atoms with Crippen LogP contribution in [0.1, 0.15) is 73.5 Å². The number of nitrogens with zero attached hydrogens (tertiary/aromatic N) is 1. The van der Waals surface area contributed by atoms with Gasteiger partial charge in [-0.05, 0) is 87.1 Å². The average Bonchev–Trinajstić information content (AvgIpc) is 3.45. The summed E-state index contributed by atoms with van der Waals surface area (Å²) in [4.78, 5) is 65.0. The molecular formula is C40H47N5O8. The summed E-state index contributed by atoms with van der Waals surface area (Å²) in [7, 11) is 1.52. The zero-order valence-electron chi connectivity index (χ0n) is 30.6. The van der Waals surface area contributed by atoms with E-state index in [4.69, 9.17) is 14.2 Å². The number of hydrogen-bond acceptors (Lipinski definition) is 9. The molecule has 13 nitrogen and oxygen atoms in total. The SMILES string of the molecule is C=COCc1cc(COc2cc3c(cc2OC)C(=O)N2c4ccccc4C[C@H]2CN3)cc(NC(=O)[C@H](C)NC(=O)[C@H](C)NC(=O)CCCCC(C)=O)c1. The van der Waals surface area contributed by atoms with Crippen molar-refractivity contribution in [2.75, 3.05) is 29.2 Å². The van der Waals surface area contributed by atoms with E-state index in [-0.39, 0.29) is 43.3 Å². The zero-order valence-corrected chi connectivity index (χ0v) is 30.6. The maximum absolute atomic E-state index is 13.8. The molecule has 0 spiro atoms. The number of amides is 4. The van der Waals surface area contributed by atoms with Gasteiger partial charge in [-0.25, -0.2) is 0 Å². The summed E-state index contributed by atoms with van der Waals surface area (Å²) >= 11 is 0. The summed E-state index contributed by atoms with van der Waals surface area (Å²) in [5.41, 5.74) is 5.09. The van der Waals surface area contributed by atoms with Gasteiger partial charge in [0, 0.05) is 36.8 Å². The number of carbonyl (C=O) groups is 5. The van der Waals surface area contributed by atoms with Crippen molar-refractivity contribution in [3.05, 3.63) is 89.7 Å². The van der Waals surface area contributed by atoms with Gasteiger partial charge >= 0.3 is 0 Å². The molecule has 5 rings (SSSR count). The Labute approximate surface area is 309 Å². The molecule has 3 aromatic carbocycles. The van der Waals surface area contributed by atoms with Gasteiger partial charge in [0.15, 0.2) is 11.5 Å². The molecule has 0 saturated heterocycles. The molecule has 4 N–H and O–H groups in total. The Morgan fingerprint density at radius 1 is 0.943 bits per heavy atom. The van der Waals surface area contributed by atoms with Crippen molar-refractivity contribution in [1.82, 2.24) is 10.6 Å². The Morgan fingerprint density at radius 2 is 1.66 bits per heavy atom. The van der Waals surface area contributed by atoms with Crippen LogP contribution in [0.4, 0.5) is 17.1 Å². The monoisotopic (exact) mass is 725 g/mol. The predicted molar refractivity (Wildman–Crippen MR) is 201 cm³/mol. The van der Waals surface area contributed by atoms with Gasteiger partial charge in [0.1, 0.15) is 31.1 Å². The largest absolute Gasteiger partial charge is 0.497 e. The fourth-order valence-electron chi connectivity index (χ4n) is 6.42. The molecule has 0 fully saturated rings. The van der Waals surface area contributed by atoms with Crippen molar-refractivity contribution in [2.45, 2.75) is 84.2 Å². The van der Waals surface area contributed by atoms with Gasteiger partial charge in [-0.1, -0.05) is 24.8 Å². The van der Waals surface area contributed by atoms with Crippen molar-refractivity contribution in [1.29, 1.82) is 0 Å². The first-order valence-corrected chi connectivity index (χ1v) is 17.7. The number of fused-ring (bicyclic) bond motifs is 4. The van der Waals surface area contributed by atoms with E-state index in [0.29, 0.717) is 59.8 Å². The Morgan fingerprint density at radius 3 is 2.40 bits per heavy atom. The number of benzene rings is 3. The summed E-state index contributed by atoms with van der Waals surface area (Å²) in [6.07, 6.45) is 3.84. The molecule has 280 valence electrons. The lowest BCUT2D eigenvalue weighted by Crippen LogP contribution is -2.50. The molecule has 53 heavy (non-hydrogen) atoms. The molecule has 2 aliphatic heterocycles. The van der Waals surface area contributed by atoms with Crippen molar-refractivity contribution < 1.29 is 38.2 Å². The molecule has 0 bridgehead atoms. The summed E-state index contributed by atoms with van der Waals surface area (Å²) in [5.74, 6) is -0.501. The lowest BCUT2D eigenvalue weighted by atomic mass is 10.1. The number of nitrogens with one attached hydrogen (secondary N) is 4. The first-order valence-electron chi connectivity index (χ1n) is 17.7. The predicted octanol–water partition coefficient (Wildman–Crippen LogP) is 5.03. The number of carbonyl (C=O) groups excluding carboxylic acids is 5. The highest BCUT2D eigenvalue weighted by atomic mass is 16.5. The fraction of sp³-hybridized carbons (Fsp3) is 0.375. The second-order valence-electron chi connectivity index (χ2n) is 13.3. The van der Waals surface area contributed by atoms with Crippen LogP contribution < -0.4 is 35.6 Å². The van der Waals surface area contributed by atoms with E-state index in [0.717, 1.165) is 23.2 Å². The Balaban J connectivity index is 1.23. The quantitative estimate of drug-likeness (QED) is 0.110. The normalized spacial score (nSPS) is 15.3. The van der Waals surface area contributed by atoms with E-state index >= 15 is 0 Å². The Kier molecular flexibility index (Phi) is 12.7. The highest BCUT2D eigenvalue weighted by molar-refractivity contribution is 6.12. The van der Waals surface area contributed by atoms with Gasteiger partial charge in [0.2, 0.25) is 17.7 Å².